The van der Waals surface area contributed by atoms with Gasteiger partial charge in [0.2, 0.25) is 0 Å². The van der Waals surface area contributed by atoms with Gasteiger partial charge < -0.3 is 14.6 Å². The molecule has 0 aliphatic carbocycles. The Bertz CT molecular complexity index is 541. The number of methoxy groups -OCH3 is 1. The van der Waals surface area contributed by atoms with Crippen molar-refractivity contribution in [2.45, 2.75) is 46.0 Å². The van der Waals surface area contributed by atoms with Gasteiger partial charge in [0.25, 0.3) is 0 Å². The highest BCUT2D eigenvalue weighted by Crippen LogP contribution is 2.07. The molecule has 0 radical (unpaired) electrons. The summed E-state index contributed by atoms with van der Waals surface area (Å²) < 4.78 is 11.9. The molecular weight excluding hydrogens is 258 g/mol. The first-order valence-electron chi connectivity index (χ1n) is 6.54. The van der Waals surface area contributed by atoms with E-state index in [4.69, 9.17) is 9.26 Å². The molecule has 20 heavy (non-hydrogen) atoms. The van der Waals surface area contributed by atoms with Crippen LogP contribution in [0.25, 0.3) is 0 Å². The van der Waals surface area contributed by atoms with Crippen LogP contribution in [0.2, 0.25) is 0 Å². The van der Waals surface area contributed by atoms with E-state index in [1.165, 1.54) is 0 Å². The average molecular weight is 279 g/mol. The Hall–Kier alpha value is -1.73. The molecule has 0 aliphatic heterocycles. The molecule has 0 spiro atoms. The van der Waals surface area contributed by atoms with Crippen LogP contribution in [0, 0.1) is 0 Å². The molecule has 0 amide bonds. The third-order valence-electron chi connectivity index (χ3n) is 2.60. The highest BCUT2D eigenvalue weighted by atomic mass is 16.5. The lowest BCUT2D eigenvalue weighted by molar-refractivity contribution is 0.155. The highest BCUT2D eigenvalue weighted by Gasteiger charge is 2.11. The van der Waals surface area contributed by atoms with Gasteiger partial charge in [0.15, 0.2) is 5.76 Å². The van der Waals surface area contributed by atoms with Gasteiger partial charge in [0, 0.05) is 25.3 Å². The predicted molar refractivity (Wildman–Crippen MR) is 72.9 cm³/mol. The standard InChI is InChI=1S/C13H21N5O2/c1-13(2,3)14-6-11-8-18(17-15-11)7-10-5-12(9-19-4)20-16-10/h5,8,14H,6-7,9H2,1-4H3. The summed E-state index contributed by atoms with van der Waals surface area (Å²) in [5.74, 6) is 0.706. The topological polar surface area (TPSA) is 78.0 Å². The first-order valence-corrected chi connectivity index (χ1v) is 6.54. The molecule has 0 aromatic carbocycles. The minimum absolute atomic E-state index is 0.0605. The average Bonchev–Trinajstić information content (AvgIpc) is 2.97. The molecule has 0 saturated carbocycles. The highest BCUT2D eigenvalue weighted by molar-refractivity contribution is 5.05. The van der Waals surface area contributed by atoms with E-state index in [9.17, 15) is 0 Å². The van der Waals surface area contributed by atoms with Crippen LogP contribution < -0.4 is 5.32 Å². The zero-order chi connectivity index (χ0) is 14.6. The summed E-state index contributed by atoms with van der Waals surface area (Å²) in [7, 11) is 1.62. The van der Waals surface area contributed by atoms with E-state index >= 15 is 0 Å². The van der Waals surface area contributed by atoms with Gasteiger partial charge in [-0.2, -0.15) is 0 Å². The molecule has 2 heterocycles. The van der Waals surface area contributed by atoms with Crippen LogP contribution in [0.4, 0.5) is 0 Å². The van der Waals surface area contributed by atoms with Crippen molar-refractivity contribution in [1.82, 2.24) is 25.5 Å². The molecule has 1 N–H and O–H groups in total. The number of hydrogen-bond donors (Lipinski definition) is 1. The van der Waals surface area contributed by atoms with Gasteiger partial charge in [-0.1, -0.05) is 10.4 Å². The summed E-state index contributed by atoms with van der Waals surface area (Å²) in [6.45, 7) is 8.00. The number of aromatic nitrogens is 4. The Morgan fingerprint density at radius 3 is 2.85 bits per heavy atom. The van der Waals surface area contributed by atoms with E-state index in [1.807, 2.05) is 12.3 Å². The maximum atomic E-state index is 5.13. The van der Waals surface area contributed by atoms with Gasteiger partial charge in [-0.3, -0.25) is 0 Å². The van der Waals surface area contributed by atoms with Crippen LogP contribution in [0.15, 0.2) is 16.8 Å². The van der Waals surface area contributed by atoms with Crippen molar-refractivity contribution < 1.29 is 9.26 Å². The van der Waals surface area contributed by atoms with Gasteiger partial charge in [-0.05, 0) is 20.8 Å². The van der Waals surface area contributed by atoms with E-state index in [0.29, 0.717) is 25.5 Å². The Labute approximate surface area is 118 Å². The van der Waals surface area contributed by atoms with Gasteiger partial charge in [-0.15, -0.1) is 5.10 Å². The number of rotatable bonds is 6. The Kier molecular flexibility index (Phi) is 4.51. The van der Waals surface area contributed by atoms with Crippen molar-refractivity contribution in [3.05, 3.63) is 29.4 Å². The summed E-state index contributed by atoms with van der Waals surface area (Å²) in [4.78, 5) is 0. The number of nitrogens with zero attached hydrogens (tertiary/aromatic N) is 4. The molecule has 0 aliphatic rings. The number of ether oxygens (including phenoxy) is 1. The third-order valence-corrected chi connectivity index (χ3v) is 2.60. The maximum absolute atomic E-state index is 5.13. The molecule has 7 nitrogen and oxygen atoms in total. The molecule has 0 saturated heterocycles. The Morgan fingerprint density at radius 1 is 1.35 bits per heavy atom. The molecule has 110 valence electrons. The summed E-state index contributed by atoms with van der Waals surface area (Å²) in [5.41, 5.74) is 1.77. The van der Waals surface area contributed by atoms with Gasteiger partial charge in [-0.25, -0.2) is 4.68 Å². The van der Waals surface area contributed by atoms with Crippen LogP contribution in [-0.4, -0.2) is 32.8 Å². The minimum atomic E-state index is 0.0605. The van der Waals surface area contributed by atoms with Gasteiger partial charge in [0.1, 0.15) is 12.3 Å². The summed E-state index contributed by atoms with van der Waals surface area (Å²) in [5, 5.41) is 15.5. The minimum Gasteiger partial charge on any atom is -0.377 e. The second-order valence-electron chi connectivity index (χ2n) is 5.73. The third kappa shape index (κ3) is 4.43. The van der Waals surface area contributed by atoms with Gasteiger partial charge >= 0.3 is 0 Å². The first kappa shape index (κ1) is 14.7. The maximum Gasteiger partial charge on any atom is 0.162 e. The van der Waals surface area contributed by atoms with Crippen molar-refractivity contribution in [3.8, 4) is 0 Å². The summed E-state index contributed by atoms with van der Waals surface area (Å²) in [6.07, 6.45) is 1.91. The zero-order valence-electron chi connectivity index (χ0n) is 12.4. The normalized spacial score (nSPS) is 12.0. The van der Waals surface area contributed by atoms with Crippen molar-refractivity contribution in [2.75, 3.05) is 7.11 Å². The molecule has 0 bridgehead atoms. The fourth-order valence-electron chi connectivity index (χ4n) is 1.66. The lowest BCUT2D eigenvalue weighted by Gasteiger charge is -2.19. The second kappa shape index (κ2) is 6.15. The largest absolute Gasteiger partial charge is 0.377 e. The van der Waals surface area contributed by atoms with Gasteiger partial charge in [0.05, 0.1) is 18.4 Å². The monoisotopic (exact) mass is 279 g/mol. The smallest absolute Gasteiger partial charge is 0.162 e. The van der Waals surface area contributed by atoms with E-state index < -0.39 is 0 Å². The van der Waals surface area contributed by atoms with E-state index in [-0.39, 0.29) is 5.54 Å². The van der Waals surface area contributed by atoms with Crippen LogP contribution >= 0.6 is 0 Å². The fraction of sp³-hybridized carbons (Fsp3) is 0.615. The van der Waals surface area contributed by atoms with E-state index in [0.717, 1.165) is 11.4 Å². The first-order chi connectivity index (χ1) is 9.46. The molecule has 0 fully saturated rings. The fourth-order valence-corrected chi connectivity index (χ4v) is 1.66. The summed E-state index contributed by atoms with van der Waals surface area (Å²) >= 11 is 0. The van der Waals surface area contributed by atoms with Crippen molar-refractivity contribution in [2.24, 2.45) is 0 Å². The van der Waals surface area contributed by atoms with Crippen LogP contribution in [-0.2, 0) is 24.4 Å². The number of hydrogen-bond acceptors (Lipinski definition) is 6. The van der Waals surface area contributed by atoms with Crippen molar-refractivity contribution in [1.29, 1.82) is 0 Å². The predicted octanol–water partition coefficient (Wildman–Crippen LogP) is 1.35. The van der Waals surface area contributed by atoms with E-state index in [1.54, 1.807) is 11.8 Å². The molecule has 7 heteroatoms. The quantitative estimate of drug-likeness (QED) is 0.860. The molecular formula is C13H21N5O2. The lowest BCUT2D eigenvalue weighted by Crippen LogP contribution is -2.35. The lowest BCUT2D eigenvalue weighted by atomic mass is 10.1. The van der Waals surface area contributed by atoms with E-state index in [2.05, 4.69) is 41.6 Å². The van der Waals surface area contributed by atoms with Crippen molar-refractivity contribution >= 4 is 0 Å². The van der Waals surface area contributed by atoms with Crippen LogP contribution in [0.5, 0.6) is 0 Å². The second-order valence-corrected chi connectivity index (χ2v) is 5.73. The molecule has 0 unspecified atom stereocenters. The molecule has 2 rings (SSSR count). The number of nitrogens with one attached hydrogen (secondary N) is 1. The molecule has 2 aromatic heterocycles. The Balaban J connectivity index is 1.91. The summed E-state index contributed by atoms with van der Waals surface area (Å²) in [6, 6.07) is 1.86. The Morgan fingerprint density at radius 2 is 2.15 bits per heavy atom. The SMILES string of the molecule is COCc1cc(Cn2cc(CNC(C)(C)C)nn2)no1. The van der Waals surface area contributed by atoms with Crippen LogP contribution in [0.1, 0.15) is 37.9 Å². The van der Waals surface area contributed by atoms with Crippen molar-refractivity contribution in [3.63, 3.8) is 0 Å². The van der Waals surface area contributed by atoms with Crippen LogP contribution in [0.3, 0.4) is 0 Å². The molecule has 2 aromatic rings. The molecule has 0 atom stereocenters. The zero-order valence-corrected chi connectivity index (χ0v) is 12.4.